The molecule has 0 unspecified atom stereocenters. The molecule has 1 aromatic heterocycles. The molecule has 0 spiro atoms. The number of hydrogen-bond acceptors (Lipinski definition) is 4. The van der Waals surface area contributed by atoms with Gasteiger partial charge in [0.25, 0.3) is 0 Å². The highest BCUT2D eigenvalue weighted by atomic mass is 16.5. The number of anilines is 1. The molecule has 0 bridgehead atoms. The monoisotopic (exact) mass is 289 g/mol. The third-order valence-electron chi connectivity index (χ3n) is 3.69. The van der Waals surface area contributed by atoms with Gasteiger partial charge in [-0.1, -0.05) is 6.92 Å². The van der Waals surface area contributed by atoms with Crippen LogP contribution in [0, 0.1) is 0 Å². The molecule has 0 saturated carbocycles. The Morgan fingerprint density at radius 3 is 2.24 bits per heavy atom. The molecule has 2 aromatic rings. The molecule has 0 atom stereocenters. The molecule has 0 saturated heterocycles. The van der Waals surface area contributed by atoms with Gasteiger partial charge in [0, 0.05) is 18.7 Å². The van der Waals surface area contributed by atoms with Gasteiger partial charge in [0.05, 0.1) is 19.9 Å². The lowest BCUT2D eigenvalue weighted by molar-refractivity contribution is 0.393. The zero-order valence-electron chi connectivity index (χ0n) is 13.1. The first-order valence-electron chi connectivity index (χ1n) is 7.11. The summed E-state index contributed by atoms with van der Waals surface area (Å²) in [4.78, 5) is 0. The van der Waals surface area contributed by atoms with Crippen LogP contribution in [0.15, 0.2) is 18.2 Å². The average molecular weight is 289 g/mol. The van der Waals surface area contributed by atoms with Crippen molar-refractivity contribution in [2.45, 2.75) is 26.2 Å². The van der Waals surface area contributed by atoms with E-state index in [0.717, 1.165) is 53.4 Å². The average Bonchev–Trinajstić information content (AvgIpc) is 2.79. The Labute approximate surface area is 125 Å². The lowest BCUT2D eigenvalue weighted by Gasteiger charge is -2.08. The van der Waals surface area contributed by atoms with Gasteiger partial charge < -0.3 is 15.2 Å². The van der Waals surface area contributed by atoms with Crippen molar-refractivity contribution in [2.24, 2.45) is 7.05 Å². The number of aromatic nitrogens is 2. The van der Waals surface area contributed by atoms with Crippen LogP contribution in [0.25, 0.3) is 0 Å². The summed E-state index contributed by atoms with van der Waals surface area (Å²) in [7, 11) is 5.20. The van der Waals surface area contributed by atoms with Gasteiger partial charge in [-0.25, -0.2) is 0 Å². The summed E-state index contributed by atoms with van der Waals surface area (Å²) >= 11 is 0. The molecule has 0 radical (unpaired) electrons. The highest BCUT2D eigenvalue weighted by Gasteiger charge is 2.12. The number of ether oxygens (including phenoxy) is 2. The lowest BCUT2D eigenvalue weighted by Crippen LogP contribution is -1.98. The van der Waals surface area contributed by atoms with Crippen molar-refractivity contribution in [3.8, 4) is 11.5 Å². The van der Waals surface area contributed by atoms with E-state index in [2.05, 4.69) is 12.0 Å². The van der Waals surface area contributed by atoms with Gasteiger partial charge in [-0.05, 0) is 37.0 Å². The van der Waals surface area contributed by atoms with Crippen molar-refractivity contribution in [2.75, 3.05) is 20.0 Å². The first-order valence-corrected chi connectivity index (χ1v) is 7.11. The molecule has 5 nitrogen and oxygen atoms in total. The van der Waals surface area contributed by atoms with E-state index in [1.54, 1.807) is 18.9 Å². The summed E-state index contributed by atoms with van der Waals surface area (Å²) in [6, 6.07) is 5.93. The fourth-order valence-electron chi connectivity index (χ4n) is 2.50. The second-order valence-corrected chi connectivity index (χ2v) is 5.01. The molecule has 2 N–H and O–H groups in total. The minimum Gasteiger partial charge on any atom is -0.497 e. The van der Waals surface area contributed by atoms with E-state index in [0.29, 0.717) is 0 Å². The number of nitrogen functional groups attached to an aromatic ring is 1. The molecule has 2 rings (SSSR count). The molecule has 5 heteroatoms. The van der Waals surface area contributed by atoms with Crippen LogP contribution in [-0.2, 0) is 26.3 Å². The van der Waals surface area contributed by atoms with Gasteiger partial charge in [-0.2, -0.15) is 5.10 Å². The van der Waals surface area contributed by atoms with Crippen LogP contribution in [-0.4, -0.2) is 24.0 Å². The van der Waals surface area contributed by atoms with E-state index in [1.165, 1.54) is 0 Å². The molecule has 0 aliphatic carbocycles. The van der Waals surface area contributed by atoms with Crippen LogP contribution in [0.3, 0.4) is 0 Å². The number of nitrogens with two attached hydrogens (primary N) is 1. The molecule has 0 aliphatic heterocycles. The third kappa shape index (κ3) is 3.29. The molecule has 21 heavy (non-hydrogen) atoms. The van der Waals surface area contributed by atoms with Crippen molar-refractivity contribution in [3.63, 3.8) is 0 Å². The topological polar surface area (TPSA) is 62.3 Å². The van der Waals surface area contributed by atoms with Crippen molar-refractivity contribution in [3.05, 3.63) is 35.0 Å². The van der Waals surface area contributed by atoms with E-state index < -0.39 is 0 Å². The Balaban J connectivity index is 2.18. The first kappa shape index (κ1) is 15.2. The van der Waals surface area contributed by atoms with Crippen molar-refractivity contribution >= 4 is 5.82 Å². The second kappa shape index (κ2) is 6.52. The molecule has 1 aromatic carbocycles. The number of benzene rings is 1. The van der Waals surface area contributed by atoms with Gasteiger partial charge in [-0.3, -0.25) is 4.68 Å². The minimum atomic E-state index is 0.760. The molecule has 0 amide bonds. The maximum atomic E-state index is 6.03. The number of hydrogen-bond donors (Lipinski definition) is 1. The van der Waals surface area contributed by atoms with E-state index in [4.69, 9.17) is 15.2 Å². The van der Waals surface area contributed by atoms with Crippen LogP contribution < -0.4 is 15.2 Å². The fraction of sp³-hybridized carbons (Fsp3) is 0.438. The van der Waals surface area contributed by atoms with Crippen molar-refractivity contribution in [1.82, 2.24) is 9.78 Å². The molecular formula is C16H23N3O2. The maximum Gasteiger partial charge on any atom is 0.124 e. The molecule has 0 fully saturated rings. The van der Waals surface area contributed by atoms with Gasteiger partial charge >= 0.3 is 0 Å². The normalized spacial score (nSPS) is 10.7. The van der Waals surface area contributed by atoms with Gasteiger partial charge in [-0.15, -0.1) is 0 Å². The van der Waals surface area contributed by atoms with E-state index >= 15 is 0 Å². The van der Waals surface area contributed by atoms with Gasteiger partial charge in [0.15, 0.2) is 0 Å². The second-order valence-electron chi connectivity index (χ2n) is 5.01. The third-order valence-corrected chi connectivity index (χ3v) is 3.69. The zero-order chi connectivity index (χ0) is 15.4. The Morgan fingerprint density at radius 1 is 1.10 bits per heavy atom. The first-order chi connectivity index (χ1) is 10.1. The van der Waals surface area contributed by atoms with E-state index in [1.807, 2.05) is 25.2 Å². The summed E-state index contributed by atoms with van der Waals surface area (Å²) in [5, 5.41) is 4.51. The maximum absolute atomic E-state index is 6.03. The van der Waals surface area contributed by atoms with Crippen LogP contribution in [0.4, 0.5) is 5.82 Å². The predicted molar refractivity (Wildman–Crippen MR) is 84.0 cm³/mol. The van der Waals surface area contributed by atoms with Crippen LogP contribution in [0.2, 0.25) is 0 Å². The van der Waals surface area contributed by atoms with Gasteiger partial charge in [0.1, 0.15) is 17.3 Å². The number of rotatable bonds is 6. The summed E-state index contributed by atoms with van der Waals surface area (Å²) in [6.45, 7) is 2.10. The fourth-order valence-corrected chi connectivity index (χ4v) is 2.50. The number of aryl methyl sites for hydroxylation is 3. The summed E-state index contributed by atoms with van der Waals surface area (Å²) in [5.41, 5.74) is 9.41. The predicted octanol–water partition coefficient (Wildman–Crippen LogP) is 2.37. The largest absolute Gasteiger partial charge is 0.497 e. The molecular weight excluding hydrogens is 266 g/mol. The smallest absolute Gasteiger partial charge is 0.124 e. The van der Waals surface area contributed by atoms with Crippen molar-refractivity contribution < 1.29 is 9.47 Å². The molecule has 1 heterocycles. The van der Waals surface area contributed by atoms with Crippen LogP contribution >= 0.6 is 0 Å². The molecule has 114 valence electrons. The van der Waals surface area contributed by atoms with Crippen molar-refractivity contribution in [1.29, 1.82) is 0 Å². The minimum absolute atomic E-state index is 0.760. The quantitative estimate of drug-likeness (QED) is 0.887. The van der Waals surface area contributed by atoms with E-state index in [9.17, 15) is 0 Å². The Hall–Kier alpha value is -2.17. The SMILES string of the molecule is CCc1c(CCc2cc(OC)cc(OC)c2)nn(C)c1N. The number of nitrogens with zero attached hydrogens (tertiary/aromatic N) is 2. The molecule has 0 aliphatic rings. The zero-order valence-corrected chi connectivity index (χ0v) is 13.1. The summed E-state index contributed by atoms with van der Waals surface area (Å²) < 4.78 is 12.3. The Kier molecular flexibility index (Phi) is 4.73. The lowest BCUT2D eigenvalue weighted by atomic mass is 10.0. The van der Waals surface area contributed by atoms with Crippen LogP contribution in [0.1, 0.15) is 23.7 Å². The standard InChI is InChI=1S/C16H23N3O2/c1-5-14-15(18-19(2)16(14)17)7-6-11-8-12(20-3)10-13(9-11)21-4/h8-10H,5-7,17H2,1-4H3. The summed E-state index contributed by atoms with van der Waals surface area (Å²) in [6.07, 6.45) is 2.62. The Morgan fingerprint density at radius 2 is 1.71 bits per heavy atom. The summed E-state index contributed by atoms with van der Waals surface area (Å²) in [5.74, 6) is 2.37. The number of methoxy groups -OCH3 is 2. The van der Waals surface area contributed by atoms with Gasteiger partial charge in [0.2, 0.25) is 0 Å². The highest BCUT2D eigenvalue weighted by molar-refractivity contribution is 5.44. The van der Waals surface area contributed by atoms with E-state index in [-0.39, 0.29) is 0 Å². The van der Waals surface area contributed by atoms with Crippen LogP contribution in [0.5, 0.6) is 11.5 Å². The Bertz CT molecular complexity index is 598. The highest BCUT2D eigenvalue weighted by Crippen LogP contribution is 2.24.